The Morgan fingerprint density at radius 2 is 1.83 bits per heavy atom. The molecule has 1 aromatic rings. The summed E-state index contributed by atoms with van der Waals surface area (Å²) in [7, 11) is 0. The number of ketones is 1. The lowest BCUT2D eigenvalue weighted by molar-refractivity contribution is -0.144. The van der Waals surface area contributed by atoms with Gasteiger partial charge in [0.25, 0.3) is 0 Å². The van der Waals surface area contributed by atoms with Crippen molar-refractivity contribution in [3.8, 4) is 0 Å². The molecule has 0 aliphatic heterocycles. The summed E-state index contributed by atoms with van der Waals surface area (Å²) in [5.41, 5.74) is 0.408. The summed E-state index contributed by atoms with van der Waals surface area (Å²) in [6, 6.07) is 7.95. The van der Waals surface area contributed by atoms with Crippen LogP contribution in [-0.2, 0) is 19.7 Å². The Bertz CT molecular complexity index is 584. The molecule has 0 aliphatic carbocycles. The fourth-order valence-electron chi connectivity index (χ4n) is 2.71. The second-order valence-electron chi connectivity index (χ2n) is 7.20. The number of esters is 1. The number of hydrogen-bond donors (Lipinski definition) is 0. The van der Waals surface area contributed by atoms with E-state index in [0.29, 0.717) is 11.9 Å². The zero-order chi connectivity index (χ0) is 18.4. The van der Waals surface area contributed by atoms with E-state index >= 15 is 0 Å². The van der Waals surface area contributed by atoms with Gasteiger partial charge < -0.3 is 4.74 Å². The van der Waals surface area contributed by atoms with Crippen molar-refractivity contribution in [3.05, 3.63) is 34.3 Å². The highest BCUT2D eigenvalue weighted by molar-refractivity contribution is 9.10. The molecule has 0 fully saturated rings. The average Bonchev–Trinajstić information content (AvgIpc) is 2.52. The van der Waals surface area contributed by atoms with E-state index in [1.54, 1.807) is 0 Å². The van der Waals surface area contributed by atoms with Crippen molar-refractivity contribution < 1.29 is 14.3 Å². The third-order valence-corrected chi connectivity index (χ3v) is 5.40. The minimum Gasteiger partial charge on any atom is -0.465 e. The first-order valence-electron chi connectivity index (χ1n) is 8.09. The Morgan fingerprint density at radius 1 is 1.17 bits per heavy atom. The van der Waals surface area contributed by atoms with Crippen LogP contribution in [0.3, 0.4) is 0 Å². The molecule has 0 aromatic heterocycles. The number of ether oxygens (including phenoxy) is 1. The average molecular weight is 462 g/mol. The number of benzene rings is 1. The Labute approximate surface area is 161 Å². The van der Waals surface area contributed by atoms with Crippen molar-refractivity contribution in [1.29, 1.82) is 0 Å². The van der Waals surface area contributed by atoms with Gasteiger partial charge >= 0.3 is 5.97 Å². The molecule has 0 spiro atoms. The molecule has 134 valence electrons. The third-order valence-electron chi connectivity index (χ3n) is 4.40. The number of carbonyl (C=O) groups excluding carboxylic acids is 2. The number of rotatable bonds is 9. The van der Waals surface area contributed by atoms with E-state index in [-0.39, 0.29) is 17.2 Å². The molecule has 1 atom stereocenters. The predicted molar refractivity (Wildman–Crippen MR) is 105 cm³/mol. The zero-order valence-electron chi connectivity index (χ0n) is 14.8. The molecule has 5 heteroatoms. The van der Waals surface area contributed by atoms with Crippen LogP contribution in [0.5, 0.6) is 0 Å². The number of carbonyl (C=O) groups is 2. The standard InChI is InChI=1S/C19H26Br2O3/c1-14(22)24-13-18(2,3)9-6-10-19(4,17(23)12-20)15-7-5-8-16(21)11-15/h5,7-8,11H,6,9-10,12-13H2,1-4H3. The van der Waals surface area contributed by atoms with Crippen LogP contribution in [0.15, 0.2) is 28.7 Å². The molecule has 3 nitrogen and oxygen atoms in total. The minimum atomic E-state index is -0.523. The van der Waals surface area contributed by atoms with Crippen molar-refractivity contribution in [3.63, 3.8) is 0 Å². The van der Waals surface area contributed by atoms with E-state index in [1.165, 1.54) is 6.92 Å². The maximum Gasteiger partial charge on any atom is 0.302 e. The second kappa shape index (κ2) is 9.14. The fraction of sp³-hybridized carbons (Fsp3) is 0.579. The van der Waals surface area contributed by atoms with Gasteiger partial charge in [0.05, 0.1) is 17.4 Å². The summed E-state index contributed by atoms with van der Waals surface area (Å²) in [4.78, 5) is 23.6. The topological polar surface area (TPSA) is 43.4 Å². The maximum absolute atomic E-state index is 12.6. The van der Waals surface area contributed by atoms with Gasteiger partial charge in [0.15, 0.2) is 5.78 Å². The summed E-state index contributed by atoms with van der Waals surface area (Å²) in [6.45, 7) is 8.01. The first kappa shape index (κ1) is 21.4. The summed E-state index contributed by atoms with van der Waals surface area (Å²) in [5.74, 6) is -0.0742. The highest BCUT2D eigenvalue weighted by Gasteiger charge is 2.34. The van der Waals surface area contributed by atoms with Crippen molar-refractivity contribution in [2.45, 2.75) is 52.4 Å². The number of alkyl halides is 1. The molecule has 1 unspecified atom stereocenters. The normalized spacial score (nSPS) is 14.1. The van der Waals surface area contributed by atoms with Crippen LogP contribution >= 0.6 is 31.9 Å². The van der Waals surface area contributed by atoms with Crippen LogP contribution in [0, 0.1) is 5.41 Å². The zero-order valence-corrected chi connectivity index (χ0v) is 18.0. The van der Waals surface area contributed by atoms with Crippen LogP contribution in [0.1, 0.15) is 52.5 Å². The Hall–Kier alpha value is -0.680. The van der Waals surface area contributed by atoms with Gasteiger partial charge in [-0.1, -0.05) is 64.3 Å². The van der Waals surface area contributed by atoms with E-state index in [9.17, 15) is 9.59 Å². The maximum atomic E-state index is 12.6. The van der Waals surface area contributed by atoms with Gasteiger partial charge in [-0.3, -0.25) is 9.59 Å². The van der Waals surface area contributed by atoms with Crippen molar-refractivity contribution in [2.75, 3.05) is 11.9 Å². The van der Waals surface area contributed by atoms with Gasteiger partial charge in [0.2, 0.25) is 0 Å². The molecule has 0 N–H and O–H groups in total. The quantitative estimate of drug-likeness (QED) is 0.363. The fourth-order valence-corrected chi connectivity index (χ4v) is 3.73. The lowest BCUT2D eigenvalue weighted by Crippen LogP contribution is -2.34. The molecule has 0 aliphatic rings. The SMILES string of the molecule is CC(=O)OCC(C)(C)CCCC(C)(C(=O)CBr)c1cccc(Br)c1. The largest absolute Gasteiger partial charge is 0.465 e. The van der Waals surface area contributed by atoms with E-state index in [4.69, 9.17) is 4.74 Å². The van der Waals surface area contributed by atoms with Crippen LogP contribution in [0.2, 0.25) is 0 Å². The second-order valence-corrected chi connectivity index (χ2v) is 8.67. The van der Waals surface area contributed by atoms with E-state index in [0.717, 1.165) is 29.3 Å². The van der Waals surface area contributed by atoms with Crippen LogP contribution in [0.4, 0.5) is 0 Å². The smallest absolute Gasteiger partial charge is 0.302 e. The highest BCUT2D eigenvalue weighted by Crippen LogP contribution is 2.35. The van der Waals surface area contributed by atoms with Crippen molar-refractivity contribution >= 4 is 43.6 Å². The van der Waals surface area contributed by atoms with Crippen molar-refractivity contribution in [1.82, 2.24) is 0 Å². The molecular weight excluding hydrogens is 436 g/mol. The molecule has 0 saturated heterocycles. The summed E-state index contributed by atoms with van der Waals surface area (Å²) < 4.78 is 6.11. The molecule has 24 heavy (non-hydrogen) atoms. The van der Waals surface area contributed by atoms with E-state index < -0.39 is 5.41 Å². The van der Waals surface area contributed by atoms with E-state index in [1.807, 2.05) is 31.2 Å². The molecule has 1 rings (SSSR count). The Kier molecular flexibility index (Phi) is 8.13. The lowest BCUT2D eigenvalue weighted by Gasteiger charge is -2.31. The number of Topliss-reactive ketones (excluding diaryl/α,β-unsaturated/α-hetero) is 1. The van der Waals surface area contributed by atoms with Gasteiger partial charge in [-0.15, -0.1) is 0 Å². The summed E-state index contributed by atoms with van der Waals surface area (Å²) >= 11 is 6.81. The van der Waals surface area contributed by atoms with Gasteiger partial charge in [-0.2, -0.15) is 0 Å². The molecule has 1 aromatic carbocycles. The van der Waals surface area contributed by atoms with Gasteiger partial charge in [-0.25, -0.2) is 0 Å². The Morgan fingerprint density at radius 3 is 2.38 bits per heavy atom. The lowest BCUT2D eigenvalue weighted by atomic mass is 9.73. The van der Waals surface area contributed by atoms with Crippen LogP contribution < -0.4 is 0 Å². The summed E-state index contributed by atoms with van der Waals surface area (Å²) in [6.07, 6.45) is 2.53. The van der Waals surface area contributed by atoms with Gasteiger partial charge in [-0.05, 0) is 42.9 Å². The van der Waals surface area contributed by atoms with Crippen molar-refractivity contribution in [2.24, 2.45) is 5.41 Å². The first-order valence-corrected chi connectivity index (χ1v) is 10.0. The molecule has 0 radical (unpaired) electrons. The Balaban J connectivity index is 2.81. The summed E-state index contributed by atoms with van der Waals surface area (Å²) in [5, 5.41) is 0.340. The molecule has 0 saturated carbocycles. The predicted octanol–water partition coefficient (Wildman–Crippen LogP) is 5.43. The van der Waals surface area contributed by atoms with Gasteiger partial charge in [0, 0.05) is 11.4 Å². The third kappa shape index (κ3) is 6.32. The first-order chi connectivity index (χ1) is 11.1. The minimum absolute atomic E-state index is 0.0959. The molecule has 0 bridgehead atoms. The van der Waals surface area contributed by atoms with E-state index in [2.05, 4.69) is 45.7 Å². The monoisotopic (exact) mass is 460 g/mol. The highest BCUT2D eigenvalue weighted by atomic mass is 79.9. The number of halogens is 2. The molecular formula is C19H26Br2O3. The molecule has 0 heterocycles. The molecule has 0 amide bonds. The van der Waals surface area contributed by atoms with Crippen LogP contribution in [0.25, 0.3) is 0 Å². The van der Waals surface area contributed by atoms with Gasteiger partial charge in [0.1, 0.15) is 0 Å². The number of hydrogen-bond acceptors (Lipinski definition) is 3. The van der Waals surface area contributed by atoms with Crippen LogP contribution in [-0.4, -0.2) is 23.7 Å².